The number of rotatable bonds is 3. The van der Waals surface area contributed by atoms with Crippen LogP contribution in [0.15, 0.2) is 18.2 Å². The molecule has 0 heterocycles. The molecule has 1 aromatic carbocycles. The lowest BCUT2D eigenvalue weighted by molar-refractivity contribution is -0.127. The molecule has 0 saturated carbocycles. The monoisotopic (exact) mass is 342 g/mol. The molecule has 1 unspecified atom stereocenters. The van der Waals surface area contributed by atoms with Crippen LogP contribution in [0.2, 0.25) is 0 Å². The van der Waals surface area contributed by atoms with Crippen molar-refractivity contribution >= 4 is 40.0 Å². The average Bonchev–Trinajstić information content (AvgIpc) is 2.24. The van der Waals surface area contributed by atoms with E-state index in [1.165, 1.54) is 6.92 Å². The number of carbonyl (C=O) groups is 2. The molecule has 0 aliphatic carbocycles. The molecular weight excluding hydrogens is 331 g/mol. The number of nitriles is 1. The van der Waals surface area contributed by atoms with E-state index in [1.54, 1.807) is 18.2 Å². The van der Waals surface area contributed by atoms with Gasteiger partial charge in [0.1, 0.15) is 0 Å². The van der Waals surface area contributed by atoms with Crippen LogP contribution in [-0.2, 0) is 9.59 Å². The van der Waals surface area contributed by atoms with Crippen LogP contribution in [-0.4, -0.2) is 11.7 Å². The molecule has 1 atom stereocenters. The summed E-state index contributed by atoms with van der Waals surface area (Å²) in [6.07, 6.45) is 0. The van der Waals surface area contributed by atoms with Gasteiger partial charge >= 0.3 is 0 Å². The number of anilines is 1. The van der Waals surface area contributed by atoms with Gasteiger partial charge in [0.2, 0.25) is 5.91 Å². The number of hydrogen-bond acceptors (Lipinski definition) is 3. The fourth-order valence-electron chi connectivity index (χ4n) is 1.27. The topological polar surface area (TPSA) is 70.0 Å². The summed E-state index contributed by atoms with van der Waals surface area (Å²) in [4.78, 5) is 22.7. The maximum atomic E-state index is 11.6. The van der Waals surface area contributed by atoms with Crippen molar-refractivity contribution in [1.82, 2.24) is 0 Å². The second-order valence-corrected chi connectivity index (χ2v) is 4.79. The highest BCUT2D eigenvalue weighted by molar-refractivity contribution is 14.1. The molecule has 5 heteroatoms. The molecule has 0 bridgehead atoms. The van der Waals surface area contributed by atoms with Gasteiger partial charge < -0.3 is 5.32 Å². The predicted octanol–water partition coefficient (Wildman–Crippen LogP) is 2.27. The minimum Gasteiger partial charge on any atom is -0.325 e. The Morgan fingerprint density at radius 1 is 1.47 bits per heavy atom. The standard InChI is InChI=1S/C12H11IN2O2/c1-7-5-9(3-4-11(7)13)15-12(17)10(6-14)8(2)16/h3-5,10H,1-2H3,(H,15,17). The van der Waals surface area contributed by atoms with E-state index in [0.717, 1.165) is 9.13 Å². The summed E-state index contributed by atoms with van der Waals surface area (Å²) in [5, 5.41) is 11.3. The van der Waals surface area contributed by atoms with Crippen molar-refractivity contribution in [2.24, 2.45) is 5.92 Å². The van der Waals surface area contributed by atoms with E-state index in [2.05, 4.69) is 27.9 Å². The van der Waals surface area contributed by atoms with Crippen molar-refractivity contribution in [3.05, 3.63) is 27.3 Å². The SMILES string of the molecule is CC(=O)C(C#N)C(=O)Nc1ccc(I)c(C)c1. The van der Waals surface area contributed by atoms with E-state index in [0.29, 0.717) is 5.69 Å². The number of benzene rings is 1. The summed E-state index contributed by atoms with van der Waals surface area (Å²) < 4.78 is 1.09. The number of carbonyl (C=O) groups excluding carboxylic acids is 2. The summed E-state index contributed by atoms with van der Waals surface area (Å²) >= 11 is 2.19. The minimum absolute atomic E-state index is 0.452. The van der Waals surface area contributed by atoms with Crippen molar-refractivity contribution in [2.45, 2.75) is 13.8 Å². The second-order valence-electron chi connectivity index (χ2n) is 3.63. The molecule has 0 aromatic heterocycles. The largest absolute Gasteiger partial charge is 0.325 e. The molecule has 0 saturated heterocycles. The maximum Gasteiger partial charge on any atom is 0.249 e. The zero-order valence-electron chi connectivity index (χ0n) is 9.45. The fourth-order valence-corrected chi connectivity index (χ4v) is 1.61. The molecular formula is C12H11IN2O2. The highest BCUT2D eigenvalue weighted by Crippen LogP contribution is 2.17. The number of aryl methyl sites for hydroxylation is 1. The Morgan fingerprint density at radius 3 is 2.59 bits per heavy atom. The van der Waals surface area contributed by atoms with Crippen molar-refractivity contribution in [3.8, 4) is 6.07 Å². The highest BCUT2D eigenvalue weighted by Gasteiger charge is 2.22. The smallest absolute Gasteiger partial charge is 0.249 e. The summed E-state index contributed by atoms with van der Waals surface area (Å²) in [5.74, 6) is -2.28. The van der Waals surface area contributed by atoms with E-state index < -0.39 is 17.6 Å². The third-order valence-corrected chi connectivity index (χ3v) is 3.43. The van der Waals surface area contributed by atoms with Crippen LogP contribution >= 0.6 is 22.6 Å². The van der Waals surface area contributed by atoms with Crippen LogP contribution in [0.3, 0.4) is 0 Å². The molecule has 1 rings (SSSR count). The van der Waals surface area contributed by atoms with E-state index in [4.69, 9.17) is 5.26 Å². The molecule has 1 amide bonds. The van der Waals surface area contributed by atoms with Gasteiger partial charge in [-0.1, -0.05) is 0 Å². The number of hydrogen-bond donors (Lipinski definition) is 1. The molecule has 4 nitrogen and oxygen atoms in total. The van der Waals surface area contributed by atoms with Gasteiger partial charge in [-0.3, -0.25) is 9.59 Å². The fraction of sp³-hybridized carbons (Fsp3) is 0.250. The zero-order valence-corrected chi connectivity index (χ0v) is 11.6. The summed E-state index contributed by atoms with van der Waals surface area (Å²) in [6.45, 7) is 3.15. The normalized spacial score (nSPS) is 11.4. The Hall–Kier alpha value is -1.42. The van der Waals surface area contributed by atoms with E-state index in [-0.39, 0.29) is 0 Å². The van der Waals surface area contributed by atoms with Crippen LogP contribution < -0.4 is 5.32 Å². The number of nitrogens with one attached hydrogen (secondary N) is 1. The minimum atomic E-state index is -1.24. The molecule has 0 spiro atoms. The molecule has 0 aliphatic heterocycles. The molecule has 1 N–H and O–H groups in total. The highest BCUT2D eigenvalue weighted by atomic mass is 127. The van der Waals surface area contributed by atoms with Gasteiger partial charge in [-0.05, 0) is 60.2 Å². The van der Waals surface area contributed by atoms with Crippen LogP contribution in [0.4, 0.5) is 5.69 Å². The van der Waals surface area contributed by atoms with Crippen molar-refractivity contribution < 1.29 is 9.59 Å². The van der Waals surface area contributed by atoms with Crippen molar-refractivity contribution in [1.29, 1.82) is 5.26 Å². The molecule has 0 aliphatic rings. The van der Waals surface area contributed by atoms with Crippen LogP contribution in [0, 0.1) is 27.7 Å². The van der Waals surface area contributed by atoms with Crippen LogP contribution in [0.25, 0.3) is 0 Å². The van der Waals surface area contributed by atoms with Gasteiger partial charge in [-0.15, -0.1) is 0 Å². The molecule has 0 radical (unpaired) electrons. The third kappa shape index (κ3) is 3.53. The number of ketones is 1. The Morgan fingerprint density at radius 2 is 2.12 bits per heavy atom. The summed E-state index contributed by atoms with van der Waals surface area (Å²) in [5.41, 5.74) is 1.62. The molecule has 1 aromatic rings. The summed E-state index contributed by atoms with van der Waals surface area (Å²) in [6, 6.07) is 7.08. The Bertz CT molecular complexity index is 506. The van der Waals surface area contributed by atoms with Gasteiger partial charge in [0.25, 0.3) is 0 Å². The Balaban J connectivity index is 2.85. The van der Waals surface area contributed by atoms with Gasteiger partial charge in [0.05, 0.1) is 6.07 Å². The van der Waals surface area contributed by atoms with E-state index in [1.807, 2.05) is 13.0 Å². The molecule has 17 heavy (non-hydrogen) atoms. The van der Waals surface area contributed by atoms with Crippen LogP contribution in [0.5, 0.6) is 0 Å². The van der Waals surface area contributed by atoms with Crippen LogP contribution in [0.1, 0.15) is 12.5 Å². The Kier molecular flexibility index (Phi) is 4.63. The quantitative estimate of drug-likeness (QED) is 0.677. The van der Waals surface area contributed by atoms with E-state index >= 15 is 0 Å². The number of nitrogens with zero attached hydrogens (tertiary/aromatic N) is 1. The lowest BCUT2D eigenvalue weighted by atomic mass is 10.1. The molecule has 88 valence electrons. The van der Waals surface area contributed by atoms with Gasteiger partial charge in [-0.2, -0.15) is 5.26 Å². The first-order valence-corrected chi connectivity index (χ1v) is 6.00. The van der Waals surface area contributed by atoms with E-state index in [9.17, 15) is 9.59 Å². The van der Waals surface area contributed by atoms with Gasteiger partial charge in [-0.25, -0.2) is 0 Å². The van der Waals surface area contributed by atoms with Crippen molar-refractivity contribution in [3.63, 3.8) is 0 Å². The maximum absolute atomic E-state index is 11.6. The van der Waals surface area contributed by atoms with Crippen molar-refractivity contribution in [2.75, 3.05) is 5.32 Å². The first kappa shape index (κ1) is 13.6. The lowest BCUT2D eigenvalue weighted by Gasteiger charge is -2.08. The molecule has 0 fully saturated rings. The lowest BCUT2D eigenvalue weighted by Crippen LogP contribution is -2.26. The predicted molar refractivity (Wildman–Crippen MR) is 72.3 cm³/mol. The Labute approximate surface area is 113 Å². The third-order valence-electron chi connectivity index (χ3n) is 2.22. The zero-order chi connectivity index (χ0) is 13.0. The average molecular weight is 342 g/mol. The number of halogens is 1. The number of amides is 1. The van der Waals surface area contributed by atoms with Gasteiger partial charge in [0, 0.05) is 9.26 Å². The van der Waals surface area contributed by atoms with Gasteiger partial charge in [0.15, 0.2) is 11.7 Å². The number of Topliss-reactive ketones (excluding diaryl/α,β-unsaturated/α-hetero) is 1. The second kappa shape index (κ2) is 5.77. The first-order valence-electron chi connectivity index (χ1n) is 4.92. The summed E-state index contributed by atoms with van der Waals surface area (Å²) in [7, 11) is 0. The first-order chi connectivity index (χ1) is 7.95.